The second kappa shape index (κ2) is 3.83. The van der Waals surface area contributed by atoms with Gasteiger partial charge in [0.2, 0.25) is 0 Å². The van der Waals surface area contributed by atoms with E-state index in [0.29, 0.717) is 15.5 Å². The Bertz CT molecular complexity index is 416. The first kappa shape index (κ1) is 10.1. The summed E-state index contributed by atoms with van der Waals surface area (Å²) in [6.45, 7) is 11.1. The van der Waals surface area contributed by atoms with Crippen molar-refractivity contribution in [2.45, 2.75) is 13.8 Å². The summed E-state index contributed by atoms with van der Waals surface area (Å²) in [5, 5.41) is 0.490. The van der Waals surface area contributed by atoms with E-state index in [2.05, 4.69) is 18.1 Å². The van der Waals surface area contributed by atoms with Crippen molar-refractivity contribution < 1.29 is 4.39 Å². The van der Waals surface area contributed by atoms with Crippen LogP contribution in [0.25, 0.3) is 12.4 Å². The zero-order chi connectivity index (χ0) is 10.0. The Labute approximate surface area is 80.9 Å². The van der Waals surface area contributed by atoms with Gasteiger partial charge in [0.05, 0.1) is 15.4 Å². The van der Waals surface area contributed by atoms with Crippen molar-refractivity contribution >= 4 is 23.7 Å². The van der Waals surface area contributed by atoms with E-state index in [1.807, 2.05) is 13.8 Å². The summed E-state index contributed by atoms with van der Waals surface area (Å²) in [6, 6.07) is 0. The number of halogens is 1. The number of thiazole rings is 1. The molecule has 1 aromatic heterocycles. The Morgan fingerprint density at radius 2 is 2.23 bits per heavy atom. The molecule has 70 valence electrons. The number of aromatic nitrogens is 1. The second-order valence-corrected chi connectivity index (χ2v) is 3.98. The SMILES string of the molecule is C=C(/C(F)=c1/scnc1=C)C(C)C. The minimum atomic E-state index is -0.275. The van der Waals surface area contributed by atoms with Gasteiger partial charge in [-0.05, 0) is 11.5 Å². The van der Waals surface area contributed by atoms with Crippen molar-refractivity contribution in [2.24, 2.45) is 5.92 Å². The lowest BCUT2D eigenvalue weighted by Crippen LogP contribution is -2.21. The quantitative estimate of drug-likeness (QED) is 0.705. The Hall–Kier alpha value is -0.960. The largest absolute Gasteiger partial charge is 0.245 e. The maximum absolute atomic E-state index is 13.6. The van der Waals surface area contributed by atoms with Crippen LogP contribution in [0.4, 0.5) is 4.39 Å². The van der Waals surface area contributed by atoms with E-state index in [1.165, 1.54) is 11.3 Å². The minimum Gasteiger partial charge on any atom is -0.245 e. The van der Waals surface area contributed by atoms with E-state index >= 15 is 0 Å². The molecule has 0 saturated heterocycles. The molecule has 0 aromatic carbocycles. The fourth-order valence-electron chi connectivity index (χ4n) is 0.847. The molecule has 1 heterocycles. The molecule has 13 heavy (non-hydrogen) atoms. The average Bonchev–Trinajstić information content (AvgIpc) is 2.48. The van der Waals surface area contributed by atoms with Crippen LogP contribution in [0.3, 0.4) is 0 Å². The fourth-order valence-corrected chi connectivity index (χ4v) is 1.56. The van der Waals surface area contributed by atoms with Gasteiger partial charge in [-0.3, -0.25) is 0 Å². The first-order chi connectivity index (χ1) is 6.04. The van der Waals surface area contributed by atoms with Crippen molar-refractivity contribution in [2.75, 3.05) is 0 Å². The highest BCUT2D eigenvalue weighted by molar-refractivity contribution is 7.07. The molecule has 0 saturated carbocycles. The van der Waals surface area contributed by atoms with E-state index < -0.39 is 0 Å². The van der Waals surface area contributed by atoms with Crippen molar-refractivity contribution in [3.05, 3.63) is 27.5 Å². The van der Waals surface area contributed by atoms with Gasteiger partial charge in [0, 0.05) is 0 Å². The summed E-state index contributed by atoms with van der Waals surface area (Å²) in [4.78, 5) is 3.88. The summed E-state index contributed by atoms with van der Waals surface area (Å²) in [6.07, 6.45) is 0. The molecule has 0 unspecified atom stereocenters. The maximum Gasteiger partial charge on any atom is 0.145 e. The van der Waals surface area contributed by atoms with E-state index in [9.17, 15) is 4.39 Å². The van der Waals surface area contributed by atoms with Crippen LogP contribution in [0.5, 0.6) is 0 Å². The van der Waals surface area contributed by atoms with Crippen LogP contribution < -0.4 is 9.88 Å². The zero-order valence-electron chi connectivity index (χ0n) is 7.80. The number of rotatable bonds is 2. The molecule has 3 heteroatoms. The van der Waals surface area contributed by atoms with Crippen molar-refractivity contribution in [3.8, 4) is 0 Å². The van der Waals surface area contributed by atoms with Gasteiger partial charge in [0.25, 0.3) is 0 Å². The standard InChI is InChI=1S/C10H12FNS/c1-6(2)7(3)9(11)10-8(4)12-5-13-10/h5-6H,3-4H2,1-2H3/b10-9-. The normalized spacial score (nSPS) is 13.2. The van der Waals surface area contributed by atoms with Crippen LogP contribution in [0.2, 0.25) is 0 Å². The fraction of sp³-hybridized carbons (Fsp3) is 0.300. The van der Waals surface area contributed by atoms with Gasteiger partial charge in [-0.1, -0.05) is 27.0 Å². The summed E-state index contributed by atoms with van der Waals surface area (Å²) in [5.41, 5.74) is 2.10. The first-order valence-electron chi connectivity index (χ1n) is 4.01. The van der Waals surface area contributed by atoms with Crippen molar-refractivity contribution in [3.63, 3.8) is 0 Å². The van der Waals surface area contributed by atoms with Gasteiger partial charge in [-0.2, -0.15) is 0 Å². The highest BCUT2D eigenvalue weighted by Crippen LogP contribution is 2.17. The molecule has 0 spiro atoms. The Balaban J connectivity index is 3.30. The van der Waals surface area contributed by atoms with E-state index in [0.717, 1.165) is 0 Å². The van der Waals surface area contributed by atoms with E-state index in [4.69, 9.17) is 0 Å². The molecule has 1 nitrogen and oxygen atoms in total. The van der Waals surface area contributed by atoms with Crippen LogP contribution in [-0.4, -0.2) is 4.98 Å². The lowest BCUT2D eigenvalue weighted by Gasteiger charge is -2.04. The van der Waals surface area contributed by atoms with Crippen molar-refractivity contribution in [1.29, 1.82) is 0 Å². The number of allylic oxidation sites excluding steroid dienone is 1. The van der Waals surface area contributed by atoms with Gasteiger partial charge in [0.15, 0.2) is 0 Å². The molecule has 0 aliphatic carbocycles. The molecule has 0 aliphatic heterocycles. The number of hydrogen-bond donors (Lipinski definition) is 0. The van der Waals surface area contributed by atoms with Gasteiger partial charge < -0.3 is 0 Å². The summed E-state index contributed by atoms with van der Waals surface area (Å²) >= 11 is 1.26. The van der Waals surface area contributed by atoms with E-state index in [-0.39, 0.29) is 11.7 Å². The first-order valence-corrected chi connectivity index (χ1v) is 4.89. The lowest BCUT2D eigenvalue weighted by atomic mass is 10.0. The molecule has 0 radical (unpaired) electrons. The summed E-state index contributed by atoms with van der Waals surface area (Å²) in [5.74, 6) is -0.163. The molecule has 0 aliphatic rings. The van der Waals surface area contributed by atoms with Gasteiger partial charge in [-0.15, -0.1) is 11.3 Å². The molecule has 0 bridgehead atoms. The third-order valence-electron chi connectivity index (χ3n) is 1.82. The highest BCUT2D eigenvalue weighted by atomic mass is 32.1. The molecule has 0 N–H and O–H groups in total. The summed E-state index contributed by atoms with van der Waals surface area (Å²) < 4.78 is 14.1. The Morgan fingerprint density at radius 1 is 1.62 bits per heavy atom. The molecular weight excluding hydrogens is 185 g/mol. The van der Waals surface area contributed by atoms with Crippen LogP contribution in [-0.2, 0) is 0 Å². The Kier molecular flexibility index (Phi) is 2.98. The number of nitrogens with zero attached hydrogens (tertiary/aromatic N) is 1. The summed E-state index contributed by atoms with van der Waals surface area (Å²) in [7, 11) is 0. The highest BCUT2D eigenvalue weighted by Gasteiger charge is 2.08. The molecular formula is C10H12FNS. The average molecular weight is 197 g/mol. The predicted molar refractivity (Wildman–Crippen MR) is 55.4 cm³/mol. The third kappa shape index (κ3) is 2.04. The monoisotopic (exact) mass is 197 g/mol. The molecule has 0 atom stereocenters. The van der Waals surface area contributed by atoms with Crippen LogP contribution in [0, 0.1) is 5.92 Å². The van der Waals surface area contributed by atoms with Gasteiger partial charge in [0.1, 0.15) is 5.83 Å². The second-order valence-electron chi connectivity index (χ2n) is 3.12. The molecule has 0 fully saturated rings. The minimum absolute atomic E-state index is 0.112. The van der Waals surface area contributed by atoms with Crippen LogP contribution in [0.15, 0.2) is 17.7 Å². The van der Waals surface area contributed by atoms with Gasteiger partial charge in [-0.25, -0.2) is 9.37 Å². The van der Waals surface area contributed by atoms with Crippen LogP contribution in [0.1, 0.15) is 13.8 Å². The Morgan fingerprint density at radius 3 is 2.62 bits per heavy atom. The molecule has 0 amide bonds. The predicted octanol–water partition coefficient (Wildman–Crippen LogP) is 1.84. The van der Waals surface area contributed by atoms with E-state index in [1.54, 1.807) is 5.51 Å². The number of hydrogen-bond acceptors (Lipinski definition) is 2. The smallest absolute Gasteiger partial charge is 0.145 e. The lowest BCUT2D eigenvalue weighted by molar-refractivity contribution is 0.695. The molecule has 1 rings (SSSR count). The molecule has 1 aromatic rings. The maximum atomic E-state index is 13.6. The van der Waals surface area contributed by atoms with Crippen molar-refractivity contribution in [1.82, 2.24) is 4.98 Å². The third-order valence-corrected chi connectivity index (χ3v) is 2.68. The zero-order valence-corrected chi connectivity index (χ0v) is 8.62. The topological polar surface area (TPSA) is 12.9 Å². The van der Waals surface area contributed by atoms with Crippen LogP contribution >= 0.6 is 11.3 Å². The van der Waals surface area contributed by atoms with Gasteiger partial charge >= 0.3 is 0 Å².